The largest absolute Gasteiger partial charge is 0.496 e. The zero-order valence-corrected chi connectivity index (χ0v) is 10.4. The van der Waals surface area contributed by atoms with Crippen LogP contribution in [0, 0.1) is 0 Å². The van der Waals surface area contributed by atoms with Crippen LogP contribution in [0.1, 0.15) is 42.1 Å². The lowest BCUT2D eigenvalue weighted by Gasteiger charge is -2.13. The minimum Gasteiger partial charge on any atom is -0.496 e. The minimum absolute atomic E-state index is 0.143. The summed E-state index contributed by atoms with van der Waals surface area (Å²) in [6.07, 6.45) is 5.09. The molecule has 0 aliphatic carbocycles. The highest BCUT2D eigenvalue weighted by molar-refractivity contribution is 5.88. The summed E-state index contributed by atoms with van der Waals surface area (Å²) in [5.41, 5.74) is 1.19. The molecule has 1 aromatic carbocycles. The number of hydrogen-bond donors (Lipinski definition) is 1. The third-order valence-electron chi connectivity index (χ3n) is 2.63. The summed E-state index contributed by atoms with van der Waals surface area (Å²) in [6.45, 7) is 4.09. The van der Waals surface area contributed by atoms with Crippen molar-refractivity contribution in [2.24, 2.45) is 0 Å². The van der Waals surface area contributed by atoms with Crippen LogP contribution < -0.4 is 4.74 Å². The Bertz CT molecular complexity index is 421. The zero-order valence-electron chi connectivity index (χ0n) is 10.4. The molecule has 0 bridgehead atoms. The number of rotatable bonds is 5. The SMILES string of the molecule is CC/C=C/[C@@H](C)c1cc(C(=O)O)ccc1OC. The third kappa shape index (κ3) is 3.34. The normalized spacial score (nSPS) is 12.6. The molecule has 1 atom stereocenters. The highest BCUT2D eigenvalue weighted by Crippen LogP contribution is 2.28. The molecule has 0 unspecified atom stereocenters. The molecular formula is C14H18O3. The molecule has 17 heavy (non-hydrogen) atoms. The summed E-state index contributed by atoms with van der Waals surface area (Å²) in [5, 5.41) is 8.97. The van der Waals surface area contributed by atoms with E-state index in [1.165, 1.54) is 0 Å². The van der Waals surface area contributed by atoms with Crippen LogP contribution in [0.3, 0.4) is 0 Å². The van der Waals surface area contributed by atoms with Crippen molar-refractivity contribution in [1.29, 1.82) is 0 Å². The fourth-order valence-electron chi connectivity index (χ4n) is 1.67. The molecule has 0 amide bonds. The predicted octanol–water partition coefficient (Wildman–Crippen LogP) is 3.46. The number of carboxylic acids is 1. The van der Waals surface area contributed by atoms with Gasteiger partial charge in [0.15, 0.2) is 0 Å². The van der Waals surface area contributed by atoms with Crippen molar-refractivity contribution in [3.8, 4) is 5.75 Å². The summed E-state index contributed by atoms with van der Waals surface area (Å²) in [5.74, 6) is -0.0481. The number of ether oxygens (including phenoxy) is 1. The van der Waals surface area contributed by atoms with Crippen LogP contribution in [0.4, 0.5) is 0 Å². The Morgan fingerprint density at radius 1 is 1.53 bits per heavy atom. The van der Waals surface area contributed by atoms with Gasteiger partial charge in [-0.2, -0.15) is 0 Å². The third-order valence-corrected chi connectivity index (χ3v) is 2.63. The molecule has 0 heterocycles. The van der Waals surface area contributed by atoms with E-state index in [9.17, 15) is 4.79 Å². The van der Waals surface area contributed by atoms with Gasteiger partial charge in [0.2, 0.25) is 0 Å². The van der Waals surface area contributed by atoms with Crippen LogP contribution in [0.25, 0.3) is 0 Å². The van der Waals surface area contributed by atoms with Crippen LogP contribution in [-0.2, 0) is 0 Å². The van der Waals surface area contributed by atoms with Crippen LogP contribution in [0.5, 0.6) is 5.75 Å². The summed E-state index contributed by atoms with van der Waals surface area (Å²) < 4.78 is 5.25. The second-order valence-electron chi connectivity index (χ2n) is 3.89. The first-order valence-corrected chi connectivity index (χ1v) is 5.68. The van der Waals surface area contributed by atoms with Crippen LogP contribution in [-0.4, -0.2) is 18.2 Å². The van der Waals surface area contributed by atoms with Gasteiger partial charge in [-0.15, -0.1) is 0 Å². The average molecular weight is 234 g/mol. The minimum atomic E-state index is -0.916. The fraction of sp³-hybridized carbons (Fsp3) is 0.357. The number of methoxy groups -OCH3 is 1. The topological polar surface area (TPSA) is 46.5 Å². The number of allylic oxidation sites excluding steroid dienone is 2. The Morgan fingerprint density at radius 3 is 2.76 bits per heavy atom. The summed E-state index contributed by atoms with van der Waals surface area (Å²) >= 11 is 0. The lowest BCUT2D eigenvalue weighted by molar-refractivity contribution is 0.0696. The van der Waals surface area contributed by atoms with E-state index in [0.717, 1.165) is 17.7 Å². The smallest absolute Gasteiger partial charge is 0.335 e. The number of benzene rings is 1. The molecule has 1 aromatic rings. The molecule has 3 nitrogen and oxygen atoms in total. The van der Waals surface area contributed by atoms with Crippen LogP contribution >= 0.6 is 0 Å². The van der Waals surface area contributed by atoms with Gasteiger partial charge in [0.25, 0.3) is 0 Å². The van der Waals surface area contributed by atoms with E-state index in [1.54, 1.807) is 25.3 Å². The maximum atomic E-state index is 10.9. The molecule has 0 radical (unpaired) electrons. The van der Waals surface area contributed by atoms with Gasteiger partial charge in [-0.05, 0) is 24.6 Å². The van der Waals surface area contributed by atoms with E-state index in [-0.39, 0.29) is 11.5 Å². The maximum Gasteiger partial charge on any atom is 0.335 e. The first kappa shape index (κ1) is 13.3. The van der Waals surface area contributed by atoms with Gasteiger partial charge in [0, 0.05) is 11.5 Å². The molecule has 0 fully saturated rings. The number of carbonyl (C=O) groups is 1. The van der Waals surface area contributed by atoms with Gasteiger partial charge in [-0.25, -0.2) is 4.79 Å². The van der Waals surface area contributed by atoms with Crippen molar-refractivity contribution in [1.82, 2.24) is 0 Å². The molecule has 0 spiro atoms. The Hall–Kier alpha value is -1.77. The first-order chi connectivity index (χ1) is 8.10. The highest BCUT2D eigenvalue weighted by atomic mass is 16.5. The van der Waals surface area contributed by atoms with Crippen molar-refractivity contribution >= 4 is 5.97 Å². The van der Waals surface area contributed by atoms with Crippen molar-refractivity contribution in [3.63, 3.8) is 0 Å². The van der Waals surface area contributed by atoms with Gasteiger partial charge in [-0.1, -0.05) is 26.0 Å². The van der Waals surface area contributed by atoms with Gasteiger partial charge < -0.3 is 9.84 Å². The molecule has 0 saturated heterocycles. The van der Waals surface area contributed by atoms with Gasteiger partial charge in [0.1, 0.15) is 5.75 Å². The molecule has 0 saturated carbocycles. The Labute approximate surface area is 102 Å². The summed E-state index contributed by atoms with van der Waals surface area (Å²) in [7, 11) is 1.59. The quantitative estimate of drug-likeness (QED) is 0.793. The fourth-order valence-corrected chi connectivity index (χ4v) is 1.67. The average Bonchev–Trinajstić information content (AvgIpc) is 2.34. The molecule has 3 heteroatoms. The lowest BCUT2D eigenvalue weighted by atomic mass is 9.97. The first-order valence-electron chi connectivity index (χ1n) is 5.68. The van der Waals surface area contributed by atoms with Crippen LogP contribution in [0.15, 0.2) is 30.4 Å². The van der Waals surface area contributed by atoms with E-state index in [4.69, 9.17) is 9.84 Å². The molecule has 1 N–H and O–H groups in total. The van der Waals surface area contributed by atoms with E-state index in [2.05, 4.69) is 19.1 Å². The molecule has 0 aromatic heterocycles. The van der Waals surface area contributed by atoms with Gasteiger partial charge in [-0.3, -0.25) is 0 Å². The number of carboxylic acid groups (broad SMARTS) is 1. The van der Waals surface area contributed by atoms with Gasteiger partial charge in [0.05, 0.1) is 12.7 Å². The molecular weight excluding hydrogens is 216 g/mol. The Morgan fingerprint density at radius 2 is 2.24 bits per heavy atom. The molecule has 0 aliphatic rings. The van der Waals surface area contributed by atoms with E-state index >= 15 is 0 Å². The van der Waals surface area contributed by atoms with Crippen molar-refractivity contribution in [2.45, 2.75) is 26.2 Å². The standard InChI is InChI=1S/C14H18O3/c1-4-5-6-10(2)12-9-11(14(15)16)7-8-13(12)17-3/h5-10H,4H2,1-3H3,(H,15,16)/b6-5+/t10-/m1/s1. The highest BCUT2D eigenvalue weighted by Gasteiger charge is 2.12. The summed E-state index contributed by atoms with van der Waals surface area (Å²) in [6, 6.07) is 4.93. The van der Waals surface area contributed by atoms with E-state index < -0.39 is 5.97 Å². The molecule has 1 rings (SSSR count). The number of hydrogen-bond acceptors (Lipinski definition) is 2. The zero-order chi connectivity index (χ0) is 12.8. The van der Waals surface area contributed by atoms with Crippen molar-refractivity contribution < 1.29 is 14.6 Å². The Kier molecular flexibility index (Phi) is 4.76. The molecule has 0 aliphatic heterocycles. The monoisotopic (exact) mass is 234 g/mol. The maximum absolute atomic E-state index is 10.9. The second kappa shape index (κ2) is 6.09. The van der Waals surface area contributed by atoms with E-state index in [0.29, 0.717) is 0 Å². The van der Waals surface area contributed by atoms with E-state index in [1.807, 2.05) is 6.92 Å². The van der Waals surface area contributed by atoms with Gasteiger partial charge >= 0.3 is 5.97 Å². The predicted molar refractivity (Wildman–Crippen MR) is 67.8 cm³/mol. The van der Waals surface area contributed by atoms with Crippen molar-refractivity contribution in [3.05, 3.63) is 41.5 Å². The molecule has 92 valence electrons. The Balaban J connectivity index is 3.13. The summed E-state index contributed by atoms with van der Waals surface area (Å²) in [4.78, 5) is 10.9. The lowest BCUT2D eigenvalue weighted by Crippen LogP contribution is -2.01. The second-order valence-corrected chi connectivity index (χ2v) is 3.89. The number of aromatic carboxylic acids is 1. The van der Waals surface area contributed by atoms with Crippen molar-refractivity contribution in [2.75, 3.05) is 7.11 Å². The van der Waals surface area contributed by atoms with Crippen LogP contribution in [0.2, 0.25) is 0 Å².